The molecule has 0 radical (unpaired) electrons. The summed E-state index contributed by atoms with van der Waals surface area (Å²) in [5, 5.41) is -0.791. The molecule has 3 rings (SSSR count). The molecule has 1 aromatic heterocycles. The quantitative estimate of drug-likeness (QED) is 0.661. The summed E-state index contributed by atoms with van der Waals surface area (Å²) in [5.41, 5.74) is 2.67. The van der Waals surface area contributed by atoms with Crippen molar-refractivity contribution in [2.75, 3.05) is 0 Å². The molecule has 1 aromatic rings. The maximum Gasteiger partial charge on any atom is 0.443 e. The molecule has 1 heterocycles. The highest BCUT2D eigenvalue weighted by atomic mass is 32.1. The monoisotopic (exact) mass is 305 g/mol. The molecule has 3 N–H and O–H groups in total. The molecule has 0 spiro atoms. The Hall–Kier alpha value is -0.660. The van der Waals surface area contributed by atoms with Crippen LogP contribution in [0.5, 0.6) is 0 Å². The number of hydrogen-bond acceptors (Lipinski definition) is 4. The Bertz CT molecular complexity index is 474. The Labute approximate surface area is 119 Å². The van der Waals surface area contributed by atoms with E-state index in [9.17, 15) is 13.2 Å². The third kappa shape index (κ3) is 2.71. The van der Waals surface area contributed by atoms with Crippen LogP contribution in [0.1, 0.15) is 48.0 Å². The molecule has 4 atom stereocenters. The van der Waals surface area contributed by atoms with E-state index in [1.807, 2.05) is 0 Å². The number of alkyl halides is 3. The van der Waals surface area contributed by atoms with Crippen molar-refractivity contribution >= 4 is 11.3 Å². The lowest BCUT2D eigenvalue weighted by Crippen LogP contribution is -2.30. The van der Waals surface area contributed by atoms with Crippen LogP contribution in [-0.2, 0) is 6.18 Å². The number of rotatable bonds is 4. The third-order valence-corrected chi connectivity index (χ3v) is 5.89. The molecule has 0 amide bonds. The Balaban J connectivity index is 1.69. The number of thiazole rings is 1. The Morgan fingerprint density at radius 1 is 1.40 bits per heavy atom. The molecule has 2 bridgehead atoms. The summed E-state index contributed by atoms with van der Waals surface area (Å²) in [6.45, 7) is 0. The number of hydrazine groups is 1. The number of nitrogens with zero attached hydrogens (tertiary/aromatic N) is 1. The van der Waals surface area contributed by atoms with Crippen LogP contribution in [0.15, 0.2) is 6.20 Å². The second kappa shape index (κ2) is 5.27. The molecule has 2 saturated carbocycles. The molecule has 0 saturated heterocycles. The standard InChI is InChI=1S/C13H18F3N3S/c14-13(15,16)12-18-6-11(20-12)10(19-17)5-9-4-7-1-2-8(9)3-7/h6-10,19H,1-5,17H2. The summed E-state index contributed by atoms with van der Waals surface area (Å²) >= 11 is 0.697. The lowest BCUT2D eigenvalue weighted by Gasteiger charge is -2.25. The molecule has 2 aliphatic carbocycles. The fourth-order valence-corrected chi connectivity index (χ4v) is 4.67. The van der Waals surface area contributed by atoms with Gasteiger partial charge in [0, 0.05) is 11.1 Å². The first-order valence-electron chi connectivity index (χ1n) is 6.96. The van der Waals surface area contributed by atoms with E-state index >= 15 is 0 Å². The zero-order valence-corrected chi connectivity index (χ0v) is 11.8. The summed E-state index contributed by atoms with van der Waals surface area (Å²) in [5.74, 6) is 7.71. The number of fused-ring (bicyclic) bond motifs is 2. The molecule has 3 nitrogen and oxygen atoms in total. The number of halogens is 3. The molecular weight excluding hydrogens is 287 g/mol. The van der Waals surface area contributed by atoms with Crippen LogP contribution in [0, 0.1) is 17.8 Å². The van der Waals surface area contributed by atoms with Gasteiger partial charge in [-0.1, -0.05) is 6.42 Å². The molecule has 7 heteroatoms. The van der Waals surface area contributed by atoms with Crippen LogP contribution < -0.4 is 11.3 Å². The summed E-state index contributed by atoms with van der Waals surface area (Å²) in [6, 6.07) is -0.215. The van der Waals surface area contributed by atoms with Gasteiger partial charge in [-0.2, -0.15) is 13.2 Å². The minimum Gasteiger partial charge on any atom is -0.271 e. The number of aromatic nitrogens is 1. The normalized spacial score (nSPS) is 30.9. The van der Waals surface area contributed by atoms with Crippen LogP contribution >= 0.6 is 11.3 Å². The van der Waals surface area contributed by atoms with E-state index in [1.165, 1.54) is 31.9 Å². The van der Waals surface area contributed by atoms with Gasteiger partial charge in [0.2, 0.25) is 0 Å². The summed E-state index contributed by atoms with van der Waals surface area (Å²) in [4.78, 5) is 4.06. The predicted molar refractivity (Wildman–Crippen MR) is 70.7 cm³/mol. The van der Waals surface area contributed by atoms with E-state index in [-0.39, 0.29) is 6.04 Å². The topological polar surface area (TPSA) is 50.9 Å². The second-order valence-corrected chi connectivity index (χ2v) is 7.02. The van der Waals surface area contributed by atoms with Crippen molar-refractivity contribution < 1.29 is 13.2 Å². The first-order valence-corrected chi connectivity index (χ1v) is 7.78. The zero-order valence-electron chi connectivity index (χ0n) is 11.0. The van der Waals surface area contributed by atoms with E-state index < -0.39 is 11.2 Å². The number of nitrogens with two attached hydrogens (primary N) is 1. The fourth-order valence-electron chi connectivity index (χ4n) is 3.81. The van der Waals surface area contributed by atoms with Crippen LogP contribution in [0.2, 0.25) is 0 Å². The van der Waals surface area contributed by atoms with Gasteiger partial charge in [-0.25, -0.2) is 4.98 Å². The Morgan fingerprint density at radius 3 is 2.70 bits per heavy atom. The molecule has 112 valence electrons. The maximum atomic E-state index is 12.6. The van der Waals surface area contributed by atoms with E-state index in [4.69, 9.17) is 5.84 Å². The van der Waals surface area contributed by atoms with Gasteiger partial charge >= 0.3 is 6.18 Å². The highest BCUT2D eigenvalue weighted by Gasteiger charge is 2.41. The van der Waals surface area contributed by atoms with Gasteiger partial charge in [-0.3, -0.25) is 11.3 Å². The Morgan fingerprint density at radius 2 is 2.20 bits per heavy atom. The van der Waals surface area contributed by atoms with Crippen molar-refractivity contribution in [1.82, 2.24) is 10.4 Å². The minimum atomic E-state index is -4.37. The first kappa shape index (κ1) is 14.3. The number of nitrogens with one attached hydrogen (secondary N) is 1. The SMILES string of the molecule is NNC(CC1CC2CCC1C2)c1cnc(C(F)(F)F)s1. The van der Waals surface area contributed by atoms with E-state index in [0.29, 0.717) is 22.1 Å². The second-order valence-electron chi connectivity index (χ2n) is 5.96. The summed E-state index contributed by atoms with van der Waals surface area (Å²) < 4.78 is 37.8. The maximum absolute atomic E-state index is 12.6. The van der Waals surface area contributed by atoms with Gasteiger partial charge in [0.25, 0.3) is 0 Å². The van der Waals surface area contributed by atoms with Crippen LogP contribution in [0.4, 0.5) is 13.2 Å². The average Bonchev–Trinajstić information content (AvgIpc) is 3.09. The van der Waals surface area contributed by atoms with Gasteiger partial charge < -0.3 is 0 Å². The summed E-state index contributed by atoms with van der Waals surface area (Å²) in [6.07, 6.45) is 2.84. The lowest BCUT2D eigenvalue weighted by molar-refractivity contribution is -0.137. The fraction of sp³-hybridized carbons (Fsp3) is 0.769. The zero-order chi connectivity index (χ0) is 14.3. The van der Waals surface area contributed by atoms with Gasteiger partial charge in [0.1, 0.15) is 0 Å². The molecule has 0 aliphatic heterocycles. The molecule has 2 fully saturated rings. The van der Waals surface area contributed by atoms with E-state index in [2.05, 4.69) is 10.4 Å². The van der Waals surface area contributed by atoms with Crippen LogP contribution in [-0.4, -0.2) is 4.98 Å². The lowest BCUT2D eigenvalue weighted by atomic mass is 9.84. The number of hydrogen-bond donors (Lipinski definition) is 2. The molecule has 2 aliphatic rings. The molecule has 20 heavy (non-hydrogen) atoms. The van der Waals surface area contributed by atoms with Crippen molar-refractivity contribution in [3.05, 3.63) is 16.1 Å². The molecular formula is C13H18F3N3S. The van der Waals surface area contributed by atoms with Crippen molar-refractivity contribution in [2.45, 2.75) is 44.3 Å². The largest absolute Gasteiger partial charge is 0.443 e. The minimum absolute atomic E-state index is 0.215. The smallest absolute Gasteiger partial charge is 0.271 e. The van der Waals surface area contributed by atoms with Gasteiger partial charge in [-0.05, 0) is 43.4 Å². The van der Waals surface area contributed by atoms with Crippen molar-refractivity contribution in [3.63, 3.8) is 0 Å². The van der Waals surface area contributed by atoms with E-state index in [0.717, 1.165) is 18.3 Å². The average molecular weight is 305 g/mol. The third-order valence-electron chi connectivity index (χ3n) is 4.73. The Kier molecular flexibility index (Phi) is 3.77. The van der Waals surface area contributed by atoms with Gasteiger partial charge in [0.15, 0.2) is 5.01 Å². The van der Waals surface area contributed by atoms with Gasteiger partial charge in [0.05, 0.1) is 6.04 Å². The summed E-state index contributed by atoms with van der Waals surface area (Å²) in [7, 11) is 0. The molecule has 4 unspecified atom stereocenters. The van der Waals surface area contributed by atoms with Crippen LogP contribution in [0.3, 0.4) is 0 Å². The highest BCUT2D eigenvalue weighted by Crippen LogP contribution is 2.51. The highest BCUT2D eigenvalue weighted by molar-refractivity contribution is 7.11. The van der Waals surface area contributed by atoms with E-state index in [1.54, 1.807) is 0 Å². The first-order chi connectivity index (χ1) is 9.47. The predicted octanol–water partition coefficient (Wildman–Crippen LogP) is 3.49. The van der Waals surface area contributed by atoms with Crippen LogP contribution in [0.25, 0.3) is 0 Å². The van der Waals surface area contributed by atoms with Crippen molar-refractivity contribution in [2.24, 2.45) is 23.6 Å². The van der Waals surface area contributed by atoms with Crippen molar-refractivity contribution in [3.8, 4) is 0 Å². The molecule has 0 aromatic carbocycles. The van der Waals surface area contributed by atoms with Crippen molar-refractivity contribution in [1.29, 1.82) is 0 Å². The van der Waals surface area contributed by atoms with Gasteiger partial charge in [-0.15, -0.1) is 11.3 Å².